The van der Waals surface area contributed by atoms with E-state index in [9.17, 15) is 0 Å². The first kappa shape index (κ1) is 26.4. The Morgan fingerprint density at radius 3 is 1.00 bits per heavy atom. The van der Waals surface area contributed by atoms with Crippen molar-refractivity contribution in [2.75, 3.05) is 26.2 Å². The molecule has 0 aliphatic rings. The van der Waals surface area contributed by atoms with Gasteiger partial charge in [-0.05, 0) is 25.7 Å². The zero-order valence-electron chi connectivity index (χ0n) is 15.4. The van der Waals surface area contributed by atoms with Gasteiger partial charge in [0, 0.05) is 0 Å². The molecule has 0 bridgehead atoms. The lowest BCUT2D eigenvalue weighted by Gasteiger charge is -2.39. The second-order valence-corrected chi connectivity index (χ2v) is 6.05. The van der Waals surface area contributed by atoms with Crippen LogP contribution >= 0.6 is 0 Å². The van der Waals surface area contributed by atoms with Crippen molar-refractivity contribution in [1.29, 1.82) is 0 Å². The molecule has 0 rings (SSSR count). The molecule has 2 amide bonds. The molecule has 0 aliphatic heterocycles. The van der Waals surface area contributed by atoms with Gasteiger partial charge < -0.3 is 28.4 Å². The van der Waals surface area contributed by atoms with Gasteiger partial charge in [0.25, 0.3) is 0 Å². The third-order valence-corrected chi connectivity index (χ3v) is 3.94. The number of halogens is 1. The standard InChI is InChI=1S/C16H36N.CH4N2O.ClH/c1-5-9-13-17(14-10-6-2,15-11-7-3)16-12-8-4;2-1(3)4;/h5-16H2,1-4H3;(H4,2,3,4);1H/q+1;;/p-1. The number of carbonyl (C=O) groups excluding carboxylic acids is 1. The number of quaternary nitrogens is 1. The summed E-state index contributed by atoms with van der Waals surface area (Å²) in [5.74, 6) is 0. The Morgan fingerprint density at radius 2 is 0.864 bits per heavy atom. The zero-order valence-corrected chi connectivity index (χ0v) is 16.1. The van der Waals surface area contributed by atoms with Crippen LogP contribution in [0.2, 0.25) is 0 Å². The van der Waals surface area contributed by atoms with Gasteiger partial charge in [-0.3, -0.25) is 0 Å². The van der Waals surface area contributed by atoms with Gasteiger partial charge in [0.15, 0.2) is 0 Å². The average molecular weight is 338 g/mol. The molecular formula is C17H40ClN3O. The summed E-state index contributed by atoms with van der Waals surface area (Å²) in [6, 6.07) is -0.833. The number of nitrogens with zero attached hydrogens (tertiary/aromatic N) is 1. The van der Waals surface area contributed by atoms with E-state index in [1.807, 2.05) is 0 Å². The third-order valence-electron chi connectivity index (χ3n) is 3.94. The van der Waals surface area contributed by atoms with Gasteiger partial charge in [0.05, 0.1) is 26.2 Å². The maximum atomic E-state index is 9.00. The van der Waals surface area contributed by atoms with Gasteiger partial charge in [0.1, 0.15) is 0 Å². The first-order valence-corrected chi connectivity index (χ1v) is 8.87. The van der Waals surface area contributed by atoms with E-state index in [2.05, 4.69) is 39.2 Å². The van der Waals surface area contributed by atoms with E-state index in [1.165, 1.54) is 82.0 Å². The Balaban J connectivity index is -0.000000640. The van der Waals surface area contributed by atoms with Crippen LogP contribution in [0.1, 0.15) is 79.1 Å². The number of nitrogens with two attached hydrogens (primary N) is 2. The van der Waals surface area contributed by atoms with Gasteiger partial charge in [-0.2, -0.15) is 0 Å². The fourth-order valence-electron chi connectivity index (χ4n) is 2.64. The minimum absolute atomic E-state index is 0. The van der Waals surface area contributed by atoms with Gasteiger partial charge in [-0.1, -0.05) is 53.4 Å². The number of rotatable bonds is 12. The van der Waals surface area contributed by atoms with Crippen LogP contribution in [-0.2, 0) is 0 Å². The lowest BCUT2D eigenvalue weighted by atomic mass is 10.1. The molecule has 0 saturated carbocycles. The molecule has 136 valence electrons. The molecule has 0 aromatic heterocycles. The highest BCUT2D eigenvalue weighted by Gasteiger charge is 2.24. The highest BCUT2D eigenvalue weighted by Crippen LogP contribution is 2.16. The Bertz CT molecular complexity index is 196. The van der Waals surface area contributed by atoms with Gasteiger partial charge >= 0.3 is 6.03 Å². The molecule has 0 fully saturated rings. The van der Waals surface area contributed by atoms with Crippen LogP contribution in [0.15, 0.2) is 0 Å². The summed E-state index contributed by atoms with van der Waals surface area (Å²) in [5, 5.41) is 0. The van der Waals surface area contributed by atoms with Crippen LogP contribution in [0.4, 0.5) is 4.79 Å². The number of hydrogen-bond acceptors (Lipinski definition) is 1. The first-order valence-electron chi connectivity index (χ1n) is 8.87. The monoisotopic (exact) mass is 337 g/mol. The Labute approximate surface area is 145 Å². The number of amides is 2. The second-order valence-electron chi connectivity index (χ2n) is 6.05. The minimum atomic E-state index is -0.833. The van der Waals surface area contributed by atoms with E-state index < -0.39 is 6.03 Å². The van der Waals surface area contributed by atoms with E-state index in [0.717, 1.165) is 0 Å². The fourth-order valence-corrected chi connectivity index (χ4v) is 2.64. The van der Waals surface area contributed by atoms with Crippen molar-refractivity contribution in [3.63, 3.8) is 0 Å². The second kappa shape index (κ2) is 18.6. The minimum Gasteiger partial charge on any atom is -1.00 e. The maximum absolute atomic E-state index is 9.00. The molecule has 0 atom stereocenters. The number of carbonyl (C=O) groups is 1. The molecule has 0 saturated heterocycles. The lowest BCUT2D eigenvalue weighted by molar-refractivity contribution is -0.929. The predicted molar refractivity (Wildman–Crippen MR) is 93.1 cm³/mol. The van der Waals surface area contributed by atoms with Crippen molar-refractivity contribution in [2.24, 2.45) is 11.5 Å². The van der Waals surface area contributed by atoms with Crippen LogP contribution in [0, 0.1) is 0 Å². The van der Waals surface area contributed by atoms with Crippen molar-refractivity contribution in [3.8, 4) is 0 Å². The van der Waals surface area contributed by atoms with Crippen LogP contribution in [0.3, 0.4) is 0 Å². The van der Waals surface area contributed by atoms with Gasteiger partial charge in [-0.25, -0.2) is 4.79 Å². The van der Waals surface area contributed by atoms with Crippen molar-refractivity contribution in [2.45, 2.75) is 79.1 Å². The summed E-state index contributed by atoms with van der Waals surface area (Å²) in [6.07, 6.45) is 11.1. The number of unbranched alkanes of at least 4 members (excludes halogenated alkanes) is 4. The van der Waals surface area contributed by atoms with E-state index in [4.69, 9.17) is 4.79 Å². The molecule has 22 heavy (non-hydrogen) atoms. The lowest BCUT2D eigenvalue weighted by Crippen LogP contribution is -3.00. The summed E-state index contributed by atoms with van der Waals surface area (Å²) >= 11 is 0. The summed E-state index contributed by atoms with van der Waals surface area (Å²) < 4.78 is 1.42. The van der Waals surface area contributed by atoms with Crippen molar-refractivity contribution < 1.29 is 21.7 Å². The molecule has 0 unspecified atom stereocenters. The molecule has 0 spiro atoms. The molecule has 0 aromatic carbocycles. The van der Waals surface area contributed by atoms with Crippen molar-refractivity contribution >= 4 is 6.03 Å². The topological polar surface area (TPSA) is 69.1 Å². The molecular weight excluding hydrogens is 298 g/mol. The van der Waals surface area contributed by atoms with Gasteiger partial charge in [0.2, 0.25) is 0 Å². The Kier molecular flexibility index (Phi) is 22.3. The summed E-state index contributed by atoms with van der Waals surface area (Å²) in [7, 11) is 0. The van der Waals surface area contributed by atoms with E-state index in [-0.39, 0.29) is 12.4 Å². The number of urea groups is 1. The van der Waals surface area contributed by atoms with Crippen LogP contribution in [0.25, 0.3) is 0 Å². The average Bonchev–Trinajstić information content (AvgIpc) is 2.45. The SMILES string of the molecule is CCCC[N+](CCCC)(CCCC)CCCC.NC(N)=O.[Cl-]. The normalized spacial score (nSPS) is 10.4. The smallest absolute Gasteiger partial charge is 0.309 e. The summed E-state index contributed by atoms with van der Waals surface area (Å²) in [4.78, 5) is 9.00. The fraction of sp³-hybridized carbons (Fsp3) is 0.941. The van der Waals surface area contributed by atoms with E-state index >= 15 is 0 Å². The largest absolute Gasteiger partial charge is 1.00 e. The van der Waals surface area contributed by atoms with Crippen molar-refractivity contribution in [1.82, 2.24) is 0 Å². The highest BCUT2D eigenvalue weighted by molar-refractivity contribution is 5.69. The maximum Gasteiger partial charge on any atom is 0.309 e. The number of primary amides is 2. The van der Waals surface area contributed by atoms with Crippen LogP contribution in [0.5, 0.6) is 0 Å². The molecule has 5 heteroatoms. The summed E-state index contributed by atoms with van der Waals surface area (Å²) in [6.45, 7) is 15.0. The first-order chi connectivity index (χ1) is 9.97. The molecule has 0 aromatic rings. The van der Waals surface area contributed by atoms with Crippen LogP contribution < -0.4 is 23.9 Å². The summed E-state index contributed by atoms with van der Waals surface area (Å²) in [5.41, 5.74) is 8.50. The molecule has 0 radical (unpaired) electrons. The Hall–Kier alpha value is -0.480. The Morgan fingerprint density at radius 1 is 0.682 bits per heavy atom. The van der Waals surface area contributed by atoms with Gasteiger partial charge in [-0.15, -0.1) is 0 Å². The molecule has 4 nitrogen and oxygen atoms in total. The molecule has 0 aliphatic carbocycles. The zero-order chi connectivity index (χ0) is 16.6. The quantitative estimate of drug-likeness (QED) is 0.513. The number of hydrogen-bond donors (Lipinski definition) is 2. The molecule has 0 heterocycles. The highest BCUT2D eigenvalue weighted by atomic mass is 35.5. The van der Waals surface area contributed by atoms with E-state index in [0.29, 0.717) is 0 Å². The van der Waals surface area contributed by atoms with Crippen molar-refractivity contribution in [3.05, 3.63) is 0 Å². The van der Waals surface area contributed by atoms with Crippen LogP contribution in [-0.4, -0.2) is 36.7 Å². The van der Waals surface area contributed by atoms with E-state index in [1.54, 1.807) is 0 Å². The molecule has 4 N–H and O–H groups in total. The third kappa shape index (κ3) is 17.6. The predicted octanol–water partition coefficient (Wildman–Crippen LogP) is 1.03.